The fraction of sp³-hybridized carbons (Fsp3) is 0.318. The van der Waals surface area contributed by atoms with Crippen LogP contribution in [-0.2, 0) is 9.59 Å². The number of halogens is 1. The number of fused-ring (bicyclic) bond motifs is 1. The van der Waals surface area contributed by atoms with Crippen LogP contribution in [0.25, 0.3) is 0 Å². The average Bonchev–Trinajstić information content (AvgIpc) is 2.74. The molecule has 0 saturated heterocycles. The molecule has 1 N–H and O–H groups in total. The first-order valence-electron chi connectivity index (χ1n) is 9.15. The Morgan fingerprint density at radius 1 is 1.18 bits per heavy atom. The van der Waals surface area contributed by atoms with Crippen LogP contribution in [0.1, 0.15) is 38.3 Å². The fourth-order valence-corrected chi connectivity index (χ4v) is 3.45. The van der Waals surface area contributed by atoms with Crippen LogP contribution in [0.15, 0.2) is 53.5 Å². The Morgan fingerprint density at radius 2 is 1.86 bits per heavy atom. The van der Waals surface area contributed by atoms with Gasteiger partial charge in [0.1, 0.15) is 6.04 Å². The van der Waals surface area contributed by atoms with Crippen LogP contribution in [0.4, 0.5) is 5.69 Å². The maximum absolute atomic E-state index is 13.4. The van der Waals surface area contributed by atoms with Gasteiger partial charge in [0.25, 0.3) is 5.91 Å². The maximum Gasteiger partial charge on any atom is 0.305 e. The van der Waals surface area contributed by atoms with E-state index in [1.54, 1.807) is 18.2 Å². The predicted molar refractivity (Wildman–Crippen MR) is 111 cm³/mol. The molecule has 0 bridgehead atoms. The Balaban J connectivity index is 2.25. The Bertz CT molecular complexity index is 933. The Labute approximate surface area is 169 Å². The smallest absolute Gasteiger partial charge is 0.305 e. The van der Waals surface area contributed by atoms with E-state index in [1.165, 1.54) is 4.90 Å². The zero-order chi connectivity index (χ0) is 20.5. The number of benzodiazepines with no additional fused rings is 1. The standard InChI is InChI=1S/C22H23ClN2O3/c1-22(2,3)20-21(28)25(12-11-18(26)27)17-10-9-15(23)13-16(17)19(24-20)14-7-5-4-6-8-14/h4-10,13,20H,11-12H2,1-3H3,(H,26,27)/t20-/m1/s1. The van der Waals surface area contributed by atoms with E-state index in [-0.39, 0.29) is 18.9 Å². The molecule has 0 aliphatic carbocycles. The quantitative estimate of drug-likeness (QED) is 0.829. The summed E-state index contributed by atoms with van der Waals surface area (Å²) in [4.78, 5) is 31.0. The molecule has 0 spiro atoms. The summed E-state index contributed by atoms with van der Waals surface area (Å²) in [6.07, 6.45) is -0.147. The van der Waals surface area contributed by atoms with Gasteiger partial charge in [-0.05, 0) is 23.6 Å². The summed E-state index contributed by atoms with van der Waals surface area (Å²) >= 11 is 6.27. The number of nitrogens with zero attached hydrogens (tertiary/aromatic N) is 2. The van der Waals surface area contributed by atoms with E-state index in [0.29, 0.717) is 16.4 Å². The van der Waals surface area contributed by atoms with Crippen molar-refractivity contribution < 1.29 is 14.7 Å². The summed E-state index contributed by atoms with van der Waals surface area (Å²) in [6.45, 7) is 5.95. The minimum atomic E-state index is -0.955. The van der Waals surface area contributed by atoms with Crippen LogP contribution in [0.2, 0.25) is 5.02 Å². The number of amides is 1. The number of rotatable bonds is 4. The highest BCUT2D eigenvalue weighted by molar-refractivity contribution is 6.32. The van der Waals surface area contributed by atoms with Gasteiger partial charge in [0, 0.05) is 22.7 Å². The Morgan fingerprint density at radius 3 is 2.46 bits per heavy atom. The average molecular weight is 399 g/mol. The SMILES string of the molecule is CC(C)(C)[C@@H]1N=C(c2ccccc2)c2cc(Cl)ccc2N(CCC(=O)O)C1=O. The number of carboxylic acids is 1. The molecule has 2 aromatic carbocycles. The molecule has 0 aromatic heterocycles. The van der Waals surface area contributed by atoms with Gasteiger partial charge in [-0.25, -0.2) is 0 Å². The summed E-state index contributed by atoms with van der Waals surface area (Å²) in [5.74, 6) is -1.16. The maximum atomic E-state index is 13.4. The molecule has 5 nitrogen and oxygen atoms in total. The number of hydrogen-bond donors (Lipinski definition) is 1. The number of anilines is 1. The van der Waals surface area contributed by atoms with Crippen molar-refractivity contribution >= 4 is 34.9 Å². The summed E-state index contributed by atoms with van der Waals surface area (Å²) in [6, 6.07) is 14.3. The minimum absolute atomic E-state index is 0.0764. The Kier molecular flexibility index (Phi) is 5.57. The molecule has 1 atom stereocenters. The fourth-order valence-electron chi connectivity index (χ4n) is 3.28. The first-order chi connectivity index (χ1) is 13.2. The molecule has 0 fully saturated rings. The third-order valence-corrected chi connectivity index (χ3v) is 4.91. The second kappa shape index (κ2) is 7.76. The zero-order valence-electron chi connectivity index (χ0n) is 16.1. The molecule has 2 aromatic rings. The van der Waals surface area contributed by atoms with Crippen molar-refractivity contribution in [3.63, 3.8) is 0 Å². The number of aliphatic carboxylic acids is 1. The van der Waals surface area contributed by atoms with E-state index < -0.39 is 17.4 Å². The van der Waals surface area contributed by atoms with Crippen molar-refractivity contribution in [1.29, 1.82) is 0 Å². The molecular formula is C22H23ClN2O3. The van der Waals surface area contributed by atoms with Crippen molar-refractivity contribution in [2.24, 2.45) is 10.4 Å². The lowest BCUT2D eigenvalue weighted by molar-refractivity contribution is -0.136. The third kappa shape index (κ3) is 4.09. The zero-order valence-corrected chi connectivity index (χ0v) is 16.9. The van der Waals surface area contributed by atoms with Gasteiger partial charge in [0.15, 0.2) is 0 Å². The van der Waals surface area contributed by atoms with Crippen LogP contribution in [0.3, 0.4) is 0 Å². The van der Waals surface area contributed by atoms with E-state index >= 15 is 0 Å². The van der Waals surface area contributed by atoms with E-state index in [4.69, 9.17) is 21.7 Å². The Hall–Kier alpha value is -2.66. The molecule has 146 valence electrons. The molecule has 1 aliphatic rings. The van der Waals surface area contributed by atoms with Crippen LogP contribution in [-0.4, -0.2) is 35.3 Å². The molecule has 1 heterocycles. The first kappa shape index (κ1) is 20.1. The molecule has 0 radical (unpaired) electrons. The monoisotopic (exact) mass is 398 g/mol. The summed E-state index contributed by atoms with van der Waals surface area (Å²) in [7, 11) is 0. The molecular weight excluding hydrogens is 376 g/mol. The van der Waals surface area contributed by atoms with Gasteiger partial charge in [-0.15, -0.1) is 0 Å². The van der Waals surface area contributed by atoms with Crippen molar-refractivity contribution in [2.75, 3.05) is 11.4 Å². The van der Waals surface area contributed by atoms with Crippen molar-refractivity contribution in [2.45, 2.75) is 33.2 Å². The summed E-state index contributed by atoms with van der Waals surface area (Å²) in [5, 5.41) is 9.69. The van der Waals surface area contributed by atoms with Crippen LogP contribution in [0, 0.1) is 5.41 Å². The van der Waals surface area contributed by atoms with Crippen LogP contribution in [0.5, 0.6) is 0 Å². The number of aliphatic imine (C=N–C) groups is 1. The first-order valence-corrected chi connectivity index (χ1v) is 9.52. The predicted octanol–water partition coefficient (Wildman–Crippen LogP) is 4.41. The van der Waals surface area contributed by atoms with Gasteiger partial charge in [-0.2, -0.15) is 0 Å². The van der Waals surface area contributed by atoms with Crippen LogP contribution >= 0.6 is 11.6 Å². The van der Waals surface area contributed by atoms with E-state index in [9.17, 15) is 9.59 Å². The van der Waals surface area contributed by atoms with Gasteiger partial charge in [0.2, 0.25) is 0 Å². The molecule has 1 amide bonds. The summed E-state index contributed by atoms with van der Waals surface area (Å²) in [5.41, 5.74) is 2.48. The molecule has 28 heavy (non-hydrogen) atoms. The highest BCUT2D eigenvalue weighted by Gasteiger charge is 2.38. The molecule has 0 unspecified atom stereocenters. The normalized spacial score (nSPS) is 17.0. The number of carbonyl (C=O) groups excluding carboxylic acids is 1. The molecule has 6 heteroatoms. The van der Waals surface area contributed by atoms with Gasteiger partial charge in [-0.1, -0.05) is 62.7 Å². The van der Waals surface area contributed by atoms with Gasteiger partial charge in [-0.3, -0.25) is 14.6 Å². The second-order valence-electron chi connectivity index (χ2n) is 7.91. The highest BCUT2D eigenvalue weighted by atomic mass is 35.5. The van der Waals surface area contributed by atoms with Crippen molar-refractivity contribution in [1.82, 2.24) is 0 Å². The van der Waals surface area contributed by atoms with Crippen molar-refractivity contribution in [3.8, 4) is 0 Å². The highest BCUT2D eigenvalue weighted by Crippen LogP contribution is 2.35. The lowest BCUT2D eigenvalue weighted by Crippen LogP contribution is -2.44. The topological polar surface area (TPSA) is 70.0 Å². The van der Waals surface area contributed by atoms with Crippen LogP contribution < -0.4 is 4.90 Å². The minimum Gasteiger partial charge on any atom is -0.481 e. The lowest BCUT2D eigenvalue weighted by Gasteiger charge is -2.30. The number of carbonyl (C=O) groups is 2. The van der Waals surface area contributed by atoms with Gasteiger partial charge < -0.3 is 10.0 Å². The molecule has 0 saturated carbocycles. The summed E-state index contributed by atoms with van der Waals surface area (Å²) < 4.78 is 0. The number of carboxylic acid groups (broad SMARTS) is 1. The number of hydrogen-bond acceptors (Lipinski definition) is 3. The molecule has 1 aliphatic heterocycles. The molecule has 3 rings (SSSR count). The van der Waals surface area contributed by atoms with E-state index in [1.807, 2.05) is 51.1 Å². The number of benzene rings is 2. The van der Waals surface area contributed by atoms with E-state index in [2.05, 4.69) is 0 Å². The third-order valence-electron chi connectivity index (χ3n) is 4.68. The lowest BCUT2D eigenvalue weighted by atomic mass is 9.86. The van der Waals surface area contributed by atoms with Gasteiger partial charge in [0.05, 0.1) is 17.8 Å². The van der Waals surface area contributed by atoms with Gasteiger partial charge >= 0.3 is 5.97 Å². The second-order valence-corrected chi connectivity index (χ2v) is 8.34. The van der Waals surface area contributed by atoms with Crippen molar-refractivity contribution in [3.05, 3.63) is 64.7 Å². The van der Waals surface area contributed by atoms with E-state index in [0.717, 1.165) is 11.1 Å². The largest absolute Gasteiger partial charge is 0.481 e.